The number of methoxy groups -OCH3 is 1. The van der Waals surface area contributed by atoms with Crippen LogP contribution in [0.3, 0.4) is 0 Å². The third kappa shape index (κ3) is 6.16. The number of nitrogens with zero attached hydrogens (tertiary/aromatic N) is 1. The highest BCUT2D eigenvalue weighted by Gasteiger charge is 2.20. The van der Waals surface area contributed by atoms with Gasteiger partial charge in [0.15, 0.2) is 0 Å². The minimum absolute atomic E-state index is 0.297. The fraction of sp³-hybridized carbons (Fsp3) is 0.667. The zero-order chi connectivity index (χ0) is 14.9. The molecule has 0 bridgehead atoms. The van der Waals surface area contributed by atoms with Crippen molar-refractivity contribution < 1.29 is 4.74 Å². The number of likely N-dealkylation sites (tertiary alicyclic amines) is 1. The summed E-state index contributed by atoms with van der Waals surface area (Å²) in [6.45, 7) is 4.28. The van der Waals surface area contributed by atoms with E-state index in [0.29, 0.717) is 6.04 Å². The summed E-state index contributed by atoms with van der Waals surface area (Å²) in [4.78, 5) is 2.54. The first kappa shape index (κ1) is 16.5. The minimum atomic E-state index is 0.297. The van der Waals surface area contributed by atoms with Crippen LogP contribution in [0.1, 0.15) is 31.2 Å². The molecule has 1 saturated heterocycles. The molecule has 0 aromatic heterocycles. The summed E-state index contributed by atoms with van der Waals surface area (Å²) >= 11 is 0. The van der Waals surface area contributed by atoms with E-state index in [2.05, 4.69) is 35.2 Å². The van der Waals surface area contributed by atoms with E-state index in [-0.39, 0.29) is 0 Å². The first-order valence-electron chi connectivity index (χ1n) is 8.28. The highest BCUT2D eigenvalue weighted by molar-refractivity contribution is 5.15. The molecule has 3 nitrogen and oxygen atoms in total. The fourth-order valence-corrected chi connectivity index (χ4v) is 3.23. The molecule has 1 aliphatic heterocycles. The SMILES string of the molecule is COCCCC(N)CN1CCC(Cc2ccccc2)CC1. The highest BCUT2D eigenvalue weighted by atomic mass is 16.5. The molecule has 0 spiro atoms. The van der Waals surface area contributed by atoms with Crippen LogP contribution >= 0.6 is 0 Å². The van der Waals surface area contributed by atoms with Gasteiger partial charge in [0.2, 0.25) is 0 Å². The van der Waals surface area contributed by atoms with Gasteiger partial charge in [-0.25, -0.2) is 0 Å². The molecule has 2 rings (SSSR count). The molecule has 0 radical (unpaired) electrons. The van der Waals surface area contributed by atoms with Crippen molar-refractivity contribution in [2.24, 2.45) is 11.7 Å². The van der Waals surface area contributed by atoms with E-state index in [9.17, 15) is 0 Å². The van der Waals surface area contributed by atoms with Crippen molar-refractivity contribution in [1.82, 2.24) is 4.90 Å². The van der Waals surface area contributed by atoms with Crippen LogP contribution in [0, 0.1) is 5.92 Å². The maximum atomic E-state index is 6.21. The molecule has 1 fully saturated rings. The third-order valence-electron chi connectivity index (χ3n) is 4.49. The normalized spacial score (nSPS) is 18.8. The second-order valence-corrected chi connectivity index (χ2v) is 6.33. The Labute approximate surface area is 129 Å². The van der Waals surface area contributed by atoms with Crippen LogP contribution < -0.4 is 5.73 Å². The molecule has 1 aliphatic rings. The van der Waals surface area contributed by atoms with Gasteiger partial charge < -0.3 is 15.4 Å². The van der Waals surface area contributed by atoms with Crippen LogP contribution in [0.5, 0.6) is 0 Å². The van der Waals surface area contributed by atoms with Crippen LogP contribution in [0.4, 0.5) is 0 Å². The van der Waals surface area contributed by atoms with E-state index in [1.165, 1.54) is 37.9 Å². The number of piperidine rings is 1. The van der Waals surface area contributed by atoms with Crippen molar-refractivity contribution in [2.45, 2.75) is 38.1 Å². The van der Waals surface area contributed by atoms with Crippen molar-refractivity contribution in [3.8, 4) is 0 Å². The summed E-state index contributed by atoms with van der Waals surface area (Å²) in [5.41, 5.74) is 7.69. The van der Waals surface area contributed by atoms with Crippen molar-refractivity contribution in [3.05, 3.63) is 35.9 Å². The number of benzene rings is 1. The molecular weight excluding hydrogens is 260 g/mol. The van der Waals surface area contributed by atoms with Gasteiger partial charge in [-0.3, -0.25) is 0 Å². The van der Waals surface area contributed by atoms with Gasteiger partial charge in [0.1, 0.15) is 0 Å². The van der Waals surface area contributed by atoms with Gasteiger partial charge in [-0.05, 0) is 56.7 Å². The Hall–Kier alpha value is -0.900. The zero-order valence-electron chi connectivity index (χ0n) is 13.3. The van der Waals surface area contributed by atoms with Crippen molar-refractivity contribution in [3.63, 3.8) is 0 Å². The monoisotopic (exact) mass is 290 g/mol. The van der Waals surface area contributed by atoms with Gasteiger partial charge in [0.05, 0.1) is 0 Å². The molecule has 1 atom stereocenters. The van der Waals surface area contributed by atoms with E-state index in [1.807, 2.05) is 0 Å². The lowest BCUT2D eigenvalue weighted by atomic mass is 9.90. The van der Waals surface area contributed by atoms with Gasteiger partial charge >= 0.3 is 0 Å². The average molecular weight is 290 g/mol. The lowest BCUT2D eigenvalue weighted by Crippen LogP contribution is -2.42. The molecule has 0 saturated carbocycles. The number of nitrogens with two attached hydrogens (primary N) is 1. The first-order valence-corrected chi connectivity index (χ1v) is 8.28. The lowest BCUT2D eigenvalue weighted by molar-refractivity contribution is 0.163. The van der Waals surface area contributed by atoms with Gasteiger partial charge in [-0.15, -0.1) is 0 Å². The van der Waals surface area contributed by atoms with Gasteiger partial charge in [0.25, 0.3) is 0 Å². The van der Waals surface area contributed by atoms with Gasteiger partial charge in [-0.2, -0.15) is 0 Å². The van der Waals surface area contributed by atoms with Crippen molar-refractivity contribution in [1.29, 1.82) is 0 Å². The Morgan fingerprint density at radius 1 is 1.24 bits per heavy atom. The Morgan fingerprint density at radius 2 is 1.95 bits per heavy atom. The molecule has 1 aromatic rings. The molecule has 21 heavy (non-hydrogen) atoms. The number of rotatable bonds is 8. The molecule has 1 heterocycles. The van der Waals surface area contributed by atoms with E-state index in [4.69, 9.17) is 10.5 Å². The van der Waals surface area contributed by atoms with Crippen LogP contribution in [0.25, 0.3) is 0 Å². The summed E-state index contributed by atoms with van der Waals surface area (Å²) in [5.74, 6) is 0.841. The summed E-state index contributed by atoms with van der Waals surface area (Å²) in [5, 5.41) is 0. The predicted molar refractivity (Wildman–Crippen MR) is 88.4 cm³/mol. The summed E-state index contributed by atoms with van der Waals surface area (Å²) in [7, 11) is 1.75. The Balaban J connectivity index is 1.64. The van der Waals surface area contributed by atoms with E-state index in [1.54, 1.807) is 7.11 Å². The van der Waals surface area contributed by atoms with Crippen LogP contribution in [0.15, 0.2) is 30.3 Å². The molecule has 118 valence electrons. The summed E-state index contributed by atoms with van der Waals surface area (Å²) in [6, 6.07) is 11.2. The van der Waals surface area contributed by atoms with E-state index >= 15 is 0 Å². The van der Waals surface area contributed by atoms with E-state index < -0.39 is 0 Å². The van der Waals surface area contributed by atoms with Gasteiger partial charge in [0, 0.05) is 26.3 Å². The number of hydrogen-bond donors (Lipinski definition) is 1. The number of hydrogen-bond acceptors (Lipinski definition) is 3. The molecule has 3 heteroatoms. The molecule has 1 unspecified atom stereocenters. The summed E-state index contributed by atoms with van der Waals surface area (Å²) in [6.07, 6.45) is 5.98. The van der Waals surface area contributed by atoms with Crippen LogP contribution in [-0.4, -0.2) is 44.3 Å². The smallest absolute Gasteiger partial charge is 0.0462 e. The molecule has 1 aromatic carbocycles. The zero-order valence-corrected chi connectivity index (χ0v) is 13.3. The molecule has 2 N–H and O–H groups in total. The van der Waals surface area contributed by atoms with Crippen LogP contribution in [0.2, 0.25) is 0 Å². The standard InChI is InChI=1S/C18H30N2O/c1-21-13-5-8-18(19)15-20-11-9-17(10-12-20)14-16-6-3-2-4-7-16/h2-4,6-7,17-18H,5,8-15,19H2,1H3. The highest BCUT2D eigenvalue weighted by Crippen LogP contribution is 2.21. The second-order valence-electron chi connectivity index (χ2n) is 6.33. The molecular formula is C18H30N2O. The van der Waals surface area contributed by atoms with Crippen molar-refractivity contribution in [2.75, 3.05) is 33.4 Å². The number of ether oxygens (including phenoxy) is 1. The Kier molecular flexibility index (Phi) is 7.20. The molecule has 0 aliphatic carbocycles. The topological polar surface area (TPSA) is 38.5 Å². The minimum Gasteiger partial charge on any atom is -0.385 e. The maximum Gasteiger partial charge on any atom is 0.0462 e. The second kappa shape index (κ2) is 9.19. The quantitative estimate of drug-likeness (QED) is 0.748. The third-order valence-corrected chi connectivity index (χ3v) is 4.49. The first-order chi connectivity index (χ1) is 10.3. The Bertz CT molecular complexity index is 374. The van der Waals surface area contributed by atoms with E-state index in [0.717, 1.165) is 31.9 Å². The predicted octanol–water partition coefficient (Wildman–Crippen LogP) is 2.70. The van der Waals surface area contributed by atoms with Gasteiger partial charge in [-0.1, -0.05) is 30.3 Å². The average Bonchev–Trinajstić information content (AvgIpc) is 2.51. The lowest BCUT2D eigenvalue weighted by Gasteiger charge is -2.33. The Morgan fingerprint density at radius 3 is 2.62 bits per heavy atom. The van der Waals surface area contributed by atoms with Crippen molar-refractivity contribution >= 4 is 0 Å². The van der Waals surface area contributed by atoms with Crippen LogP contribution in [-0.2, 0) is 11.2 Å². The fourth-order valence-electron chi connectivity index (χ4n) is 3.23. The summed E-state index contributed by atoms with van der Waals surface area (Å²) < 4.78 is 5.08. The largest absolute Gasteiger partial charge is 0.385 e. The molecule has 0 amide bonds. The maximum absolute atomic E-state index is 6.21.